The number of alkyl halides is 3. The third kappa shape index (κ3) is 4.82. The quantitative estimate of drug-likeness (QED) is 0.754. The number of aliphatic carboxylic acids is 1. The van der Waals surface area contributed by atoms with Crippen molar-refractivity contribution in [3.8, 4) is 5.75 Å². The Morgan fingerprint density at radius 2 is 1.89 bits per heavy atom. The summed E-state index contributed by atoms with van der Waals surface area (Å²) in [5.41, 5.74) is 0.155. The lowest BCUT2D eigenvalue weighted by Gasteiger charge is -2.12. The molecule has 2 atom stereocenters. The fraction of sp³-hybridized carbons (Fsp3) is 0.300. The molecule has 2 unspecified atom stereocenters. The van der Waals surface area contributed by atoms with Crippen LogP contribution in [0.1, 0.15) is 29.0 Å². The first-order chi connectivity index (χ1) is 13.3. The van der Waals surface area contributed by atoms with Crippen LogP contribution in [0, 0.1) is 5.92 Å². The average Bonchev–Trinajstić information content (AvgIpc) is 3.45. The monoisotopic (exact) mass is 393 g/mol. The van der Waals surface area contributed by atoms with Crippen LogP contribution in [0.2, 0.25) is 0 Å². The molecule has 2 N–H and O–H groups in total. The summed E-state index contributed by atoms with van der Waals surface area (Å²) in [6, 6.07) is 11.9. The van der Waals surface area contributed by atoms with E-state index >= 15 is 0 Å². The molecule has 0 radical (unpaired) electrons. The smallest absolute Gasteiger partial charge is 0.416 e. The molecule has 3 rings (SSSR count). The summed E-state index contributed by atoms with van der Waals surface area (Å²) in [6.45, 7) is -0.300. The zero-order valence-corrected chi connectivity index (χ0v) is 14.7. The van der Waals surface area contributed by atoms with Crippen molar-refractivity contribution in [2.24, 2.45) is 5.92 Å². The lowest BCUT2D eigenvalue weighted by molar-refractivity contribution is -0.139. The van der Waals surface area contributed by atoms with Gasteiger partial charge in [0.2, 0.25) is 5.91 Å². The molecule has 2 aromatic rings. The van der Waals surface area contributed by atoms with E-state index in [1.807, 2.05) is 0 Å². The third-order valence-electron chi connectivity index (χ3n) is 4.52. The summed E-state index contributed by atoms with van der Waals surface area (Å²) in [4.78, 5) is 22.9. The first kappa shape index (κ1) is 19.7. The van der Waals surface area contributed by atoms with E-state index in [-0.39, 0.29) is 18.0 Å². The maximum absolute atomic E-state index is 13.1. The molecule has 148 valence electrons. The Kier molecular flexibility index (Phi) is 5.58. The molecule has 8 heteroatoms. The van der Waals surface area contributed by atoms with E-state index in [9.17, 15) is 22.8 Å². The van der Waals surface area contributed by atoms with Gasteiger partial charge in [-0.1, -0.05) is 30.3 Å². The van der Waals surface area contributed by atoms with Crippen molar-refractivity contribution >= 4 is 11.9 Å². The average molecular weight is 393 g/mol. The highest BCUT2D eigenvalue weighted by atomic mass is 19.4. The fourth-order valence-electron chi connectivity index (χ4n) is 3.12. The Labute approximate surface area is 159 Å². The minimum atomic E-state index is -4.45. The molecule has 1 saturated carbocycles. The number of carboxylic acids is 1. The number of rotatable bonds is 7. The van der Waals surface area contributed by atoms with Gasteiger partial charge < -0.3 is 15.2 Å². The van der Waals surface area contributed by atoms with Gasteiger partial charge >= 0.3 is 12.1 Å². The van der Waals surface area contributed by atoms with Crippen LogP contribution in [0.15, 0.2) is 48.5 Å². The number of nitrogens with one attached hydrogen (secondary N) is 1. The summed E-state index contributed by atoms with van der Waals surface area (Å²) < 4.78 is 44.5. The summed E-state index contributed by atoms with van der Waals surface area (Å²) >= 11 is 0. The van der Waals surface area contributed by atoms with Crippen LogP contribution < -0.4 is 10.1 Å². The summed E-state index contributed by atoms with van der Waals surface area (Å²) in [5.74, 6) is -1.98. The second-order valence-corrected chi connectivity index (χ2v) is 6.58. The Bertz CT molecular complexity index is 882. The first-order valence-electron chi connectivity index (χ1n) is 8.63. The molecule has 0 spiro atoms. The van der Waals surface area contributed by atoms with Crippen molar-refractivity contribution in [2.45, 2.75) is 25.1 Å². The molecule has 1 aliphatic carbocycles. The Morgan fingerprint density at radius 3 is 2.61 bits per heavy atom. The van der Waals surface area contributed by atoms with Crippen LogP contribution in [0.4, 0.5) is 13.2 Å². The Morgan fingerprint density at radius 1 is 1.14 bits per heavy atom. The summed E-state index contributed by atoms with van der Waals surface area (Å²) in [6.07, 6.45) is -4.07. The molecule has 0 heterocycles. The third-order valence-corrected chi connectivity index (χ3v) is 4.52. The zero-order chi connectivity index (χ0) is 20.3. The van der Waals surface area contributed by atoms with Crippen LogP contribution in [0.25, 0.3) is 0 Å². The van der Waals surface area contributed by atoms with E-state index in [1.165, 1.54) is 12.1 Å². The molecule has 0 bridgehead atoms. The summed E-state index contributed by atoms with van der Waals surface area (Å²) in [7, 11) is 0. The van der Waals surface area contributed by atoms with Crippen LogP contribution in [0.3, 0.4) is 0 Å². The normalized spacial score (nSPS) is 18.4. The van der Waals surface area contributed by atoms with Crippen molar-refractivity contribution in [2.75, 3.05) is 6.61 Å². The molecular weight excluding hydrogens is 375 g/mol. The molecule has 1 fully saturated rings. The molecule has 1 aliphatic rings. The van der Waals surface area contributed by atoms with Crippen molar-refractivity contribution in [3.05, 3.63) is 65.2 Å². The van der Waals surface area contributed by atoms with E-state index in [1.54, 1.807) is 30.3 Å². The highest BCUT2D eigenvalue weighted by Gasteiger charge is 2.47. The number of halogens is 3. The van der Waals surface area contributed by atoms with Gasteiger partial charge in [0, 0.05) is 12.5 Å². The van der Waals surface area contributed by atoms with Gasteiger partial charge in [0.05, 0.1) is 5.56 Å². The second kappa shape index (κ2) is 7.92. The van der Waals surface area contributed by atoms with E-state index in [0.29, 0.717) is 17.7 Å². The number of benzene rings is 2. The van der Waals surface area contributed by atoms with Gasteiger partial charge in [-0.25, -0.2) is 4.79 Å². The number of amides is 1. The number of carbonyl (C=O) groups excluding carboxylic acids is 1. The minimum absolute atomic E-state index is 0.152. The van der Waals surface area contributed by atoms with E-state index in [4.69, 9.17) is 9.84 Å². The largest absolute Gasteiger partial charge is 0.482 e. The van der Waals surface area contributed by atoms with Crippen LogP contribution in [0.5, 0.6) is 5.75 Å². The first-order valence-corrected chi connectivity index (χ1v) is 8.63. The van der Waals surface area contributed by atoms with Crippen molar-refractivity contribution in [3.63, 3.8) is 0 Å². The highest BCUT2D eigenvalue weighted by Crippen LogP contribution is 2.51. The Hall–Kier alpha value is -3.03. The van der Waals surface area contributed by atoms with Crippen molar-refractivity contribution in [1.82, 2.24) is 5.32 Å². The van der Waals surface area contributed by atoms with Gasteiger partial charge in [-0.05, 0) is 41.7 Å². The lowest BCUT2D eigenvalue weighted by Crippen LogP contribution is -2.25. The Balaban J connectivity index is 1.58. The molecule has 0 saturated heterocycles. The molecule has 0 aromatic heterocycles. The van der Waals surface area contributed by atoms with Gasteiger partial charge in [0.25, 0.3) is 0 Å². The molecule has 28 heavy (non-hydrogen) atoms. The predicted octanol–water partition coefficient (Wildman–Crippen LogP) is 3.59. The van der Waals surface area contributed by atoms with Crippen LogP contribution >= 0.6 is 0 Å². The molecular formula is C20H18F3NO4. The number of hydrogen-bond donors (Lipinski definition) is 2. The van der Waals surface area contributed by atoms with Gasteiger partial charge in [-0.3, -0.25) is 4.79 Å². The predicted molar refractivity (Wildman–Crippen MR) is 93.7 cm³/mol. The topological polar surface area (TPSA) is 75.6 Å². The van der Waals surface area contributed by atoms with Crippen molar-refractivity contribution in [1.29, 1.82) is 0 Å². The number of carboxylic acid groups (broad SMARTS) is 1. The maximum atomic E-state index is 13.1. The van der Waals surface area contributed by atoms with E-state index < -0.39 is 36.2 Å². The molecule has 1 amide bonds. The molecule has 2 aromatic carbocycles. The van der Waals surface area contributed by atoms with Gasteiger partial charge in [-0.15, -0.1) is 0 Å². The van der Waals surface area contributed by atoms with Crippen LogP contribution in [-0.4, -0.2) is 23.6 Å². The minimum Gasteiger partial charge on any atom is -0.482 e. The molecule has 5 nitrogen and oxygen atoms in total. The zero-order valence-electron chi connectivity index (χ0n) is 14.7. The van der Waals surface area contributed by atoms with Gasteiger partial charge in [0.15, 0.2) is 6.61 Å². The van der Waals surface area contributed by atoms with Gasteiger partial charge in [0.1, 0.15) is 5.75 Å². The lowest BCUT2D eigenvalue weighted by atomic mass is 10.0. The summed E-state index contributed by atoms with van der Waals surface area (Å²) in [5, 5.41) is 11.3. The SMILES string of the molecule is O=C(O)COc1cccc(CNC(=O)C2CC2c2ccccc2C(F)(F)F)c1. The van der Waals surface area contributed by atoms with Gasteiger partial charge in [-0.2, -0.15) is 13.2 Å². The molecule has 0 aliphatic heterocycles. The second-order valence-electron chi connectivity index (χ2n) is 6.58. The van der Waals surface area contributed by atoms with Crippen molar-refractivity contribution < 1.29 is 32.6 Å². The number of hydrogen-bond acceptors (Lipinski definition) is 3. The number of carbonyl (C=O) groups is 2. The highest BCUT2D eigenvalue weighted by molar-refractivity contribution is 5.83. The van der Waals surface area contributed by atoms with Crippen LogP contribution in [-0.2, 0) is 22.3 Å². The van der Waals surface area contributed by atoms with E-state index in [0.717, 1.165) is 6.07 Å². The number of ether oxygens (including phenoxy) is 1. The standard InChI is InChI=1S/C20H18F3NO4/c21-20(22,23)17-7-2-1-6-14(17)15-9-16(15)19(27)24-10-12-4-3-5-13(8-12)28-11-18(25)26/h1-8,15-16H,9-11H2,(H,24,27)(H,25,26). The van der Waals surface area contributed by atoms with E-state index in [2.05, 4.69) is 5.32 Å². The maximum Gasteiger partial charge on any atom is 0.416 e. The fourth-order valence-corrected chi connectivity index (χ4v) is 3.12.